The zero-order valence-electron chi connectivity index (χ0n) is 16.3. The third kappa shape index (κ3) is 4.68. The Morgan fingerprint density at radius 1 is 1.10 bits per heavy atom. The minimum absolute atomic E-state index is 0.527. The summed E-state index contributed by atoms with van der Waals surface area (Å²) < 4.78 is 2.58. The van der Waals surface area contributed by atoms with Crippen molar-refractivity contribution < 1.29 is 5.02 Å². The number of hydrogen-bond acceptors (Lipinski definition) is 5. The standard InChI is InChI=1S/C21H20BBrClN5O/c1-22(30)26-12-15-8-6-14(7-9-15)11-25-20-10-19(16-4-2-3-5-18(16)24)28-21-17(23)13-27-29(20)21/h2-10,13,25-26,30H,11-12H2,1H3. The molecule has 0 atom stereocenters. The maximum atomic E-state index is 9.34. The van der Waals surface area contributed by atoms with Crippen molar-refractivity contribution in [2.75, 3.05) is 5.32 Å². The van der Waals surface area contributed by atoms with Crippen molar-refractivity contribution in [3.05, 3.63) is 81.4 Å². The first-order valence-electron chi connectivity index (χ1n) is 9.53. The fraction of sp³-hybridized carbons (Fsp3) is 0.143. The molecule has 6 nitrogen and oxygen atoms in total. The highest BCUT2D eigenvalue weighted by Crippen LogP contribution is 2.30. The molecule has 0 aliphatic heterocycles. The van der Waals surface area contributed by atoms with Gasteiger partial charge in [-0.2, -0.15) is 9.61 Å². The molecule has 0 aliphatic rings. The van der Waals surface area contributed by atoms with Crippen LogP contribution in [0.5, 0.6) is 0 Å². The number of aromatic nitrogens is 3. The Balaban J connectivity index is 1.59. The number of halogens is 2. The number of nitrogens with zero attached hydrogens (tertiary/aromatic N) is 3. The summed E-state index contributed by atoms with van der Waals surface area (Å²) in [6.45, 7) is 2.96. The topological polar surface area (TPSA) is 74.5 Å². The monoisotopic (exact) mass is 483 g/mol. The summed E-state index contributed by atoms with van der Waals surface area (Å²) in [5, 5.41) is 20.9. The van der Waals surface area contributed by atoms with E-state index in [2.05, 4.69) is 43.7 Å². The lowest BCUT2D eigenvalue weighted by Crippen LogP contribution is -2.29. The van der Waals surface area contributed by atoms with Crippen LogP contribution in [0.1, 0.15) is 11.1 Å². The molecule has 0 aliphatic carbocycles. The van der Waals surface area contributed by atoms with Crippen LogP contribution in [-0.2, 0) is 13.1 Å². The van der Waals surface area contributed by atoms with E-state index in [-0.39, 0.29) is 0 Å². The first-order chi connectivity index (χ1) is 14.5. The second kappa shape index (κ2) is 9.18. The Morgan fingerprint density at radius 2 is 1.80 bits per heavy atom. The van der Waals surface area contributed by atoms with E-state index < -0.39 is 7.05 Å². The lowest BCUT2D eigenvalue weighted by molar-refractivity contribution is 0.554. The van der Waals surface area contributed by atoms with Crippen LogP contribution < -0.4 is 10.5 Å². The molecule has 0 fully saturated rings. The summed E-state index contributed by atoms with van der Waals surface area (Å²) >= 11 is 9.92. The van der Waals surface area contributed by atoms with Gasteiger partial charge < -0.3 is 15.6 Å². The summed E-state index contributed by atoms with van der Waals surface area (Å²) in [6.07, 6.45) is 1.73. The second-order valence-corrected chi connectivity index (χ2v) is 8.22. The SMILES string of the molecule is CB(O)NCc1ccc(CNc2cc(-c3ccccc3Cl)nc3c(Br)cnn23)cc1. The van der Waals surface area contributed by atoms with E-state index in [1.54, 1.807) is 17.5 Å². The molecule has 2 heterocycles. The van der Waals surface area contributed by atoms with Gasteiger partial charge in [0.1, 0.15) is 5.82 Å². The van der Waals surface area contributed by atoms with Crippen molar-refractivity contribution in [1.82, 2.24) is 19.8 Å². The summed E-state index contributed by atoms with van der Waals surface area (Å²) in [5.41, 5.74) is 4.60. The van der Waals surface area contributed by atoms with Gasteiger partial charge in [-0.15, -0.1) is 0 Å². The van der Waals surface area contributed by atoms with Gasteiger partial charge in [-0.25, -0.2) is 4.98 Å². The average Bonchev–Trinajstić information content (AvgIpc) is 3.12. The molecule has 0 spiro atoms. The second-order valence-electron chi connectivity index (χ2n) is 6.96. The quantitative estimate of drug-likeness (QED) is 0.334. The van der Waals surface area contributed by atoms with E-state index in [0.29, 0.717) is 18.1 Å². The van der Waals surface area contributed by atoms with Crippen LogP contribution in [-0.4, -0.2) is 26.7 Å². The van der Waals surface area contributed by atoms with E-state index >= 15 is 0 Å². The van der Waals surface area contributed by atoms with E-state index in [0.717, 1.165) is 38.3 Å². The molecule has 0 unspecified atom stereocenters. The number of benzene rings is 2. The Labute approximate surface area is 188 Å². The molecule has 30 heavy (non-hydrogen) atoms. The van der Waals surface area contributed by atoms with Crippen LogP contribution in [0.2, 0.25) is 11.8 Å². The fourth-order valence-corrected chi connectivity index (χ4v) is 3.68. The Bertz CT molecular complexity index is 1170. The zero-order chi connectivity index (χ0) is 21.1. The largest absolute Gasteiger partial charge is 0.437 e. The molecule has 0 radical (unpaired) electrons. The van der Waals surface area contributed by atoms with E-state index in [1.165, 1.54) is 0 Å². The third-order valence-electron chi connectivity index (χ3n) is 4.68. The minimum atomic E-state index is -0.527. The lowest BCUT2D eigenvalue weighted by atomic mass is 9.88. The molecule has 152 valence electrons. The highest BCUT2D eigenvalue weighted by molar-refractivity contribution is 9.10. The van der Waals surface area contributed by atoms with Crippen molar-refractivity contribution in [1.29, 1.82) is 0 Å². The molecule has 0 bridgehead atoms. The molecule has 2 aromatic heterocycles. The molecule has 4 rings (SSSR count). The molecule has 0 amide bonds. The Hall–Kier alpha value is -2.39. The predicted molar refractivity (Wildman–Crippen MR) is 126 cm³/mol. The maximum absolute atomic E-state index is 9.34. The molecular weight excluding hydrogens is 464 g/mol. The third-order valence-corrected chi connectivity index (χ3v) is 5.57. The van der Waals surface area contributed by atoms with Crippen molar-refractivity contribution >= 4 is 46.0 Å². The van der Waals surface area contributed by atoms with Gasteiger partial charge in [0, 0.05) is 29.7 Å². The summed E-state index contributed by atoms with van der Waals surface area (Å²) in [5.74, 6) is 0.820. The number of rotatable bonds is 7. The van der Waals surface area contributed by atoms with Crippen molar-refractivity contribution in [2.45, 2.75) is 19.9 Å². The summed E-state index contributed by atoms with van der Waals surface area (Å²) in [6, 6.07) is 17.8. The lowest BCUT2D eigenvalue weighted by Gasteiger charge is -2.12. The zero-order valence-corrected chi connectivity index (χ0v) is 18.7. The summed E-state index contributed by atoms with van der Waals surface area (Å²) in [4.78, 5) is 4.73. The van der Waals surface area contributed by atoms with Crippen LogP contribution in [0.3, 0.4) is 0 Å². The minimum Gasteiger partial charge on any atom is -0.437 e. The molecular formula is C21H20BBrClN5O. The van der Waals surface area contributed by atoms with Gasteiger partial charge >= 0.3 is 7.05 Å². The van der Waals surface area contributed by atoms with Gasteiger partial charge in [0.15, 0.2) is 5.65 Å². The molecule has 4 aromatic rings. The predicted octanol–water partition coefficient (Wildman–Crippen LogP) is 4.62. The van der Waals surface area contributed by atoms with Crippen molar-refractivity contribution in [3.63, 3.8) is 0 Å². The normalized spacial score (nSPS) is 11.1. The first-order valence-corrected chi connectivity index (χ1v) is 10.7. The Morgan fingerprint density at radius 3 is 2.50 bits per heavy atom. The highest BCUT2D eigenvalue weighted by atomic mass is 79.9. The number of nitrogens with one attached hydrogen (secondary N) is 2. The highest BCUT2D eigenvalue weighted by Gasteiger charge is 2.13. The summed E-state index contributed by atoms with van der Waals surface area (Å²) in [7, 11) is -0.527. The van der Waals surface area contributed by atoms with Crippen LogP contribution in [0.15, 0.2) is 65.3 Å². The van der Waals surface area contributed by atoms with Crippen LogP contribution in [0.25, 0.3) is 16.9 Å². The van der Waals surface area contributed by atoms with Gasteiger partial charge in [0.05, 0.1) is 16.4 Å². The van der Waals surface area contributed by atoms with Crippen molar-refractivity contribution in [3.8, 4) is 11.3 Å². The van der Waals surface area contributed by atoms with Gasteiger partial charge in [-0.1, -0.05) is 54.1 Å². The fourth-order valence-electron chi connectivity index (χ4n) is 3.10. The molecule has 2 aromatic carbocycles. The van der Waals surface area contributed by atoms with E-state index in [1.807, 2.05) is 42.5 Å². The van der Waals surface area contributed by atoms with Gasteiger partial charge in [-0.05, 0) is 39.9 Å². The average molecular weight is 485 g/mol. The number of hydrogen-bond donors (Lipinski definition) is 3. The van der Waals surface area contributed by atoms with Crippen LogP contribution in [0, 0.1) is 0 Å². The van der Waals surface area contributed by atoms with E-state index in [9.17, 15) is 5.02 Å². The molecule has 3 N–H and O–H groups in total. The van der Waals surface area contributed by atoms with Crippen LogP contribution >= 0.6 is 27.5 Å². The Kier molecular flexibility index (Phi) is 6.39. The maximum Gasteiger partial charge on any atom is 0.373 e. The van der Waals surface area contributed by atoms with Crippen molar-refractivity contribution in [2.24, 2.45) is 0 Å². The van der Waals surface area contributed by atoms with E-state index in [4.69, 9.17) is 16.6 Å². The molecule has 0 saturated carbocycles. The number of anilines is 1. The smallest absolute Gasteiger partial charge is 0.373 e. The van der Waals surface area contributed by atoms with Gasteiger partial charge in [-0.3, -0.25) is 0 Å². The van der Waals surface area contributed by atoms with Gasteiger partial charge in [0.25, 0.3) is 0 Å². The van der Waals surface area contributed by atoms with Gasteiger partial charge in [0.2, 0.25) is 0 Å². The number of fused-ring (bicyclic) bond motifs is 1. The molecule has 9 heteroatoms. The first kappa shape index (κ1) is 20.9. The molecule has 0 saturated heterocycles. The van der Waals surface area contributed by atoms with Crippen LogP contribution in [0.4, 0.5) is 5.82 Å².